The molecule has 0 aliphatic carbocycles. The molecule has 1 heterocycles. The van der Waals surface area contributed by atoms with Gasteiger partial charge in [-0.05, 0) is 63.9 Å². The van der Waals surface area contributed by atoms with E-state index >= 15 is 0 Å². The maximum Gasteiger partial charge on any atom is 0.223 e. The Hall–Kier alpha value is -2.12. The van der Waals surface area contributed by atoms with Gasteiger partial charge in [0.2, 0.25) is 5.91 Å². The number of ketones is 1. The quantitative estimate of drug-likeness (QED) is 0.566. The lowest BCUT2D eigenvalue weighted by atomic mass is 9.94. The van der Waals surface area contributed by atoms with E-state index in [4.69, 9.17) is 9.47 Å². The van der Waals surface area contributed by atoms with Crippen LogP contribution in [-0.2, 0) is 4.79 Å². The molecular formula is C23H36N2O5. The molecule has 0 radical (unpaired) electrons. The molecule has 168 valence electrons. The number of Topliss-reactive ketones (excluding diaryl/α,β-unsaturated/α-hetero) is 1. The Morgan fingerprint density at radius 1 is 1.20 bits per heavy atom. The molecule has 0 bridgehead atoms. The van der Waals surface area contributed by atoms with E-state index < -0.39 is 6.10 Å². The number of ether oxygens (including phenoxy) is 2. The molecule has 1 aromatic carbocycles. The van der Waals surface area contributed by atoms with Crippen LogP contribution in [0.2, 0.25) is 0 Å². The molecule has 2 atom stereocenters. The third-order valence-corrected chi connectivity index (χ3v) is 5.80. The van der Waals surface area contributed by atoms with E-state index in [1.54, 1.807) is 18.2 Å². The first-order valence-corrected chi connectivity index (χ1v) is 10.7. The minimum atomic E-state index is -0.659. The average molecular weight is 421 g/mol. The van der Waals surface area contributed by atoms with Crippen LogP contribution in [0.1, 0.15) is 50.9 Å². The number of aliphatic hydroxyl groups is 1. The van der Waals surface area contributed by atoms with Crippen molar-refractivity contribution < 1.29 is 24.2 Å². The van der Waals surface area contributed by atoms with Gasteiger partial charge in [-0.2, -0.15) is 0 Å². The summed E-state index contributed by atoms with van der Waals surface area (Å²) >= 11 is 0. The highest BCUT2D eigenvalue weighted by Gasteiger charge is 2.27. The number of amides is 1. The van der Waals surface area contributed by atoms with E-state index in [0.29, 0.717) is 29.5 Å². The Bertz CT molecular complexity index is 714. The maximum absolute atomic E-state index is 12.4. The number of β-amino-alcohol motifs (C(OH)–C–C–N with tert-alkyl or cyclic N) is 1. The van der Waals surface area contributed by atoms with Crippen LogP contribution in [0.5, 0.6) is 11.5 Å². The number of benzene rings is 1. The number of rotatable bonds is 10. The molecule has 2 N–H and O–H groups in total. The molecule has 0 saturated carbocycles. The van der Waals surface area contributed by atoms with Crippen molar-refractivity contribution in [2.45, 2.75) is 52.7 Å². The molecule has 1 fully saturated rings. The predicted octanol–water partition coefficient (Wildman–Crippen LogP) is 2.51. The largest absolute Gasteiger partial charge is 0.493 e. The Labute approximate surface area is 179 Å². The topological polar surface area (TPSA) is 88.1 Å². The third kappa shape index (κ3) is 6.99. The van der Waals surface area contributed by atoms with Gasteiger partial charge in [-0.25, -0.2) is 0 Å². The monoisotopic (exact) mass is 420 g/mol. The maximum atomic E-state index is 12.4. The third-order valence-electron chi connectivity index (χ3n) is 5.80. The van der Waals surface area contributed by atoms with Gasteiger partial charge in [0.25, 0.3) is 0 Å². The van der Waals surface area contributed by atoms with E-state index in [-0.39, 0.29) is 30.3 Å². The number of hydrogen-bond donors (Lipinski definition) is 2. The summed E-state index contributed by atoms with van der Waals surface area (Å²) in [5.41, 5.74) is 0.550. The van der Waals surface area contributed by atoms with E-state index in [9.17, 15) is 14.7 Å². The summed E-state index contributed by atoms with van der Waals surface area (Å²) in [6.45, 7) is 9.92. The Morgan fingerprint density at radius 3 is 2.43 bits per heavy atom. The lowest BCUT2D eigenvalue weighted by Gasteiger charge is -2.33. The van der Waals surface area contributed by atoms with Gasteiger partial charge in [0.1, 0.15) is 12.7 Å². The minimum Gasteiger partial charge on any atom is -0.493 e. The van der Waals surface area contributed by atoms with Gasteiger partial charge in [-0.1, -0.05) is 13.8 Å². The normalized spacial score (nSPS) is 17.4. The lowest BCUT2D eigenvalue weighted by molar-refractivity contribution is -0.127. The molecule has 1 amide bonds. The molecule has 1 aromatic rings. The summed E-state index contributed by atoms with van der Waals surface area (Å²) in [6, 6.07) is 5.18. The van der Waals surface area contributed by atoms with Crippen LogP contribution in [0.4, 0.5) is 0 Å². The summed E-state index contributed by atoms with van der Waals surface area (Å²) in [7, 11) is 1.52. The van der Waals surface area contributed by atoms with Crippen molar-refractivity contribution >= 4 is 11.7 Å². The number of aliphatic hydroxyl groups excluding tert-OH is 1. The summed E-state index contributed by atoms with van der Waals surface area (Å²) < 4.78 is 11.0. The Morgan fingerprint density at radius 2 is 1.87 bits per heavy atom. The van der Waals surface area contributed by atoms with Crippen molar-refractivity contribution in [3.63, 3.8) is 0 Å². The highest BCUT2D eigenvalue weighted by Crippen LogP contribution is 2.28. The number of carbonyl (C=O) groups is 2. The minimum absolute atomic E-state index is 0.0416. The number of methoxy groups -OCH3 is 1. The van der Waals surface area contributed by atoms with Crippen LogP contribution in [-0.4, -0.2) is 67.2 Å². The molecule has 30 heavy (non-hydrogen) atoms. The van der Waals surface area contributed by atoms with Crippen LogP contribution in [0.3, 0.4) is 0 Å². The zero-order valence-electron chi connectivity index (χ0n) is 18.8. The van der Waals surface area contributed by atoms with Crippen LogP contribution in [0.15, 0.2) is 18.2 Å². The molecule has 7 heteroatoms. The lowest BCUT2D eigenvalue weighted by Crippen LogP contribution is -2.46. The average Bonchev–Trinajstić information content (AvgIpc) is 2.72. The summed E-state index contributed by atoms with van der Waals surface area (Å²) in [5.74, 6) is 1.52. The van der Waals surface area contributed by atoms with Crippen molar-refractivity contribution in [1.82, 2.24) is 10.2 Å². The van der Waals surface area contributed by atoms with E-state index in [1.807, 2.05) is 6.92 Å². The van der Waals surface area contributed by atoms with E-state index in [1.165, 1.54) is 14.0 Å². The van der Waals surface area contributed by atoms with Gasteiger partial charge >= 0.3 is 0 Å². The SMILES string of the molecule is COc1cc(C(C)=O)ccc1OCC(O)CN1CCC(C(=O)NC(C)C(C)C)CC1. The second kappa shape index (κ2) is 11.3. The van der Waals surface area contributed by atoms with Gasteiger partial charge in [0.15, 0.2) is 17.3 Å². The van der Waals surface area contributed by atoms with Crippen LogP contribution in [0, 0.1) is 11.8 Å². The molecule has 1 saturated heterocycles. The van der Waals surface area contributed by atoms with Crippen LogP contribution < -0.4 is 14.8 Å². The highest BCUT2D eigenvalue weighted by atomic mass is 16.5. The molecule has 1 aliphatic heterocycles. The number of nitrogens with one attached hydrogen (secondary N) is 1. The first kappa shape index (κ1) is 24.2. The van der Waals surface area contributed by atoms with Crippen LogP contribution >= 0.6 is 0 Å². The van der Waals surface area contributed by atoms with Gasteiger partial charge in [0, 0.05) is 24.1 Å². The molecular weight excluding hydrogens is 384 g/mol. The molecule has 2 unspecified atom stereocenters. The second-order valence-corrected chi connectivity index (χ2v) is 8.50. The Kier molecular flexibility index (Phi) is 9.11. The number of piperidine rings is 1. The molecule has 0 aromatic heterocycles. The van der Waals surface area contributed by atoms with Gasteiger partial charge < -0.3 is 24.8 Å². The fourth-order valence-electron chi connectivity index (χ4n) is 3.43. The number of carbonyl (C=O) groups excluding carboxylic acids is 2. The van der Waals surface area contributed by atoms with E-state index in [0.717, 1.165) is 25.9 Å². The summed E-state index contributed by atoms with van der Waals surface area (Å²) in [5, 5.41) is 13.5. The first-order valence-electron chi connectivity index (χ1n) is 10.7. The van der Waals surface area contributed by atoms with E-state index in [2.05, 4.69) is 24.1 Å². The molecule has 7 nitrogen and oxygen atoms in total. The van der Waals surface area contributed by atoms with Crippen molar-refractivity contribution in [2.24, 2.45) is 11.8 Å². The van der Waals surface area contributed by atoms with Gasteiger partial charge in [0.05, 0.1) is 7.11 Å². The molecule has 2 rings (SSSR count). The van der Waals surface area contributed by atoms with Gasteiger partial charge in [-0.3, -0.25) is 9.59 Å². The Balaban J connectivity index is 1.77. The zero-order chi connectivity index (χ0) is 22.3. The summed E-state index contributed by atoms with van der Waals surface area (Å²) in [4.78, 5) is 26.1. The number of nitrogens with zero attached hydrogens (tertiary/aromatic N) is 1. The van der Waals surface area contributed by atoms with Crippen molar-refractivity contribution in [1.29, 1.82) is 0 Å². The smallest absolute Gasteiger partial charge is 0.223 e. The first-order chi connectivity index (χ1) is 14.2. The van der Waals surface area contributed by atoms with Crippen molar-refractivity contribution in [3.8, 4) is 11.5 Å². The highest BCUT2D eigenvalue weighted by molar-refractivity contribution is 5.94. The number of likely N-dealkylation sites (tertiary alicyclic amines) is 1. The summed E-state index contributed by atoms with van der Waals surface area (Å²) in [6.07, 6.45) is 0.934. The van der Waals surface area contributed by atoms with Crippen LogP contribution in [0.25, 0.3) is 0 Å². The standard InChI is InChI=1S/C23H36N2O5/c1-15(2)16(3)24-23(28)18-8-10-25(11-9-18)13-20(27)14-30-21-7-6-19(17(4)26)12-22(21)29-5/h6-7,12,15-16,18,20,27H,8-11,13-14H2,1-5H3,(H,24,28). The fraction of sp³-hybridized carbons (Fsp3) is 0.652. The zero-order valence-corrected chi connectivity index (χ0v) is 18.8. The second-order valence-electron chi connectivity index (χ2n) is 8.50. The van der Waals surface area contributed by atoms with Gasteiger partial charge in [-0.15, -0.1) is 0 Å². The number of hydrogen-bond acceptors (Lipinski definition) is 6. The predicted molar refractivity (Wildman–Crippen MR) is 116 cm³/mol. The van der Waals surface area contributed by atoms with Crippen molar-refractivity contribution in [2.75, 3.05) is 33.4 Å². The fourth-order valence-corrected chi connectivity index (χ4v) is 3.43. The molecule has 1 aliphatic rings. The molecule has 0 spiro atoms. The van der Waals surface area contributed by atoms with Crippen molar-refractivity contribution in [3.05, 3.63) is 23.8 Å².